The molecule has 0 atom stereocenters. The Morgan fingerprint density at radius 1 is 1.30 bits per heavy atom. The second-order valence-electron chi connectivity index (χ2n) is 4.57. The van der Waals surface area contributed by atoms with Gasteiger partial charge in [0.1, 0.15) is 0 Å². The maximum absolute atomic E-state index is 12.6. The van der Waals surface area contributed by atoms with Crippen molar-refractivity contribution in [2.24, 2.45) is 0 Å². The Morgan fingerprint density at radius 2 is 1.95 bits per heavy atom. The summed E-state index contributed by atoms with van der Waals surface area (Å²) in [5.74, 6) is 2.57. The van der Waals surface area contributed by atoms with Gasteiger partial charge < -0.3 is 5.73 Å². The molecule has 0 spiro atoms. The Morgan fingerprint density at radius 3 is 2.55 bits per heavy atom. The molecule has 0 aromatic heterocycles. The number of terminal acetylenes is 1. The molecule has 108 valence electrons. The number of sulfonamides is 1. The summed E-state index contributed by atoms with van der Waals surface area (Å²) in [5, 5.41) is 0. The molecule has 1 saturated heterocycles. The second kappa shape index (κ2) is 6.14. The average Bonchev–Trinajstić information content (AvgIpc) is 2.42. The van der Waals surface area contributed by atoms with Crippen LogP contribution in [0.4, 0.5) is 5.69 Å². The van der Waals surface area contributed by atoms with Crippen LogP contribution in [-0.2, 0) is 10.0 Å². The van der Waals surface area contributed by atoms with Crippen molar-refractivity contribution in [2.45, 2.75) is 4.90 Å². The van der Waals surface area contributed by atoms with Crippen molar-refractivity contribution >= 4 is 31.6 Å². The lowest BCUT2D eigenvalue weighted by Gasteiger charge is -2.33. The summed E-state index contributed by atoms with van der Waals surface area (Å²) in [6.07, 6.45) is 5.26. The first-order valence-electron chi connectivity index (χ1n) is 6.16. The van der Waals surface area contributed by atoms with E-state index in [0.29, 0.717) is 42.9 Å². The first-order chi connectivity index (χ1) is 9.45. The molecule has 0 aliphatic carbocycles. The van der Waals surface area contributed by atoms with Crippen LogP contribution in [0.2, 0.25) is 0 Å². The van der Waals surface area contributed by atoms with Gasteiger partial charge in [0.05, 0.1) is 11.4 Å². The monoisotopic (exact) mass is 357 g/mol. The topological polar surface area (TPSA) is 66.6 Å². The van der Waals surface area contributed by atoms with E-state index >= 15 is 0 Å². The number of rotatable bonds is 3. The van der Waals surface area contributed by atoms with Crippen molar-refractivity contribution in [3.8, 4) is 12.3 Å². The second-order valence-corrected chi connectivity index (χ2v) is 7.33. The molecule has 1 aliphatic rings. The van der Waals surface area contributed by atoms with Crippen LogP contribution in [-0.4, -0.2) is 50.3 Å². The fraction of sp³-hybridized carbons (Fsp3) is 0.385. The van der Waals surface area contributed by atoms with Crippen LogP contribution in [0.15, 0.2) is 27.6 Å². The lowest BCUT2D eigenvalue weighted by Crippen LogP contribution is -2.48. The third-order valence-electron chi connectivity index (χ3n) is 3.22. The van der Waals surface area contributed by atoms with E-state index in [0.717, 1.165) is 0 Å². The summed E-state index contributed by atoms with van der Waals surface area (Å²) in [4.78, 5) is 2.27. The first-order valence-corrected chi connectivity index (χ1v) is 8.39. The number of nitrogens with zero attached hydrogens (tertiary/aromatic N) is 2. The van der Waals surface area contributed by atoms with Crippen molar-refractivity contribution in [1.29, 1.82) is 0 Å². The number of benzene rings is 1. The molecule has 20 heavy (non-hydrogen) atoms. The van der Waals surface area contributed by atoms with E-state index in [1.165, 1.54) is 10.4 Å². The van der Waals surface area contributed by atoms with Crippen LogP contribution in [0.5, 0.6) is 0 Å². The molecule has 1 aliphatic heterocycles. The van der Waals surface area contributed by atoms with E-state index in [-0.39, 0.29) is 4.90 Å². The van der Waals surface area contributed by atoms with Gasteiger partial charge in [0.25, 0.3) is 0 Å². The summed E-state index contributed by atoms with van der Waals surface area (Å²) >= 11 is 3.27. The molecule has 1 aromatic rings. The molecule has 2 rings (SSSR count). The maximum Gasteiger partial charge on any atom is 0.244 e. The molecule has 0 bridgehead atoms. The van der Waals surface area contributed by atoms with Gasteiger partial charge in [-0.1, -0.05) is 5.92 Å². The minimum absolute atomic E-state index is 0.211. The van der Waals surface area contributed by atoms with Crippen LogP contribution in [0, 0.1) is 12.3 Å². The highest BCUT2D eigenvalue weighted by Crippen LogP contribution is 2.27. The molecule has 1 aromatic carbocycles. The minimum Gasteiger partial charge on any atom is -0.399 e. The third-order valence-corrected chi connectivity index (χ3v) is 6.11. The van der Waals surface area contributed by atoms with E-state index in [1.54, 1.807) is 12.1 Å². The highest BCUT2D eigenvalue weighted by Gasteiger charge is 2.29. The van der Waals surface area contributed by atoms with E-state index in [2.05, 4.69) is 26.8 Å². The Hall–Kier alpha value is -1.07. The average molecular weight is 358 g/mol. The number of hydrogen-bond donors (Lipinski definition) is 1. The number of piperazine rings is 1. The van der Waals surface area contributed by atoms with Crippen molar-refractivity contribution in [2.75, 3.05) is 38.5 Å². The summed E-state index contributed by atoms with van der Waals surface area (Å²) in [6, 6.07) is 4.79. The van der Waals surface area contributed by atoms with Gasteiger partial charge in [-0.3, -0.25) is 4.90 Å². The number of nitrogens with two attached hydrogens (primary N) is 1. The number of hydrogen-bond acceptors (Lipinski definition) is 4. The molecule has 1 heterocycles. The molecule has 7 heteroatoms. The SMILES string of the molecule is C#CCN1CCN(S(=O)(=O)c2cc(N)ccc2Br)CC1. The number of anilines is 1. The van der Waals surface area contributed by atoms with Crippen molar-refractivity contribution in [3.05, 3.63) is 22.7 Å². The zero-order chi connectivity index (χ0) is 14.8. The Labute approximate surface area is 127 Å². The summed E-state index contributed by atoms with van der Waals surface area (Å²) in [5.41, 5.74) is 6.11. The summed E-state index contributed by atoms with van der Waals surface area (Å²) in [7, 11) is -3.53. The van der Waals surface area contributed by atoms with Crippen LogP contribution >= 0.6 is 15.9 Å². The van der Waals surface area contributed by atoms with Crippen LogP contribution in [0.25, 0.3) is 0 Å². The van der Waals surface area contributed by atoms with E-state index < -0.39 is 10.0 Å². The van der Waals surface area contributed by atoms with Gasteiger partial charge in [0, 0.05) is 36.3 Å². The summed E-state index contributed by atoms with van der Waals surface area (Å²) in [6.45, 7) is 2.71. The standard InChI is InChI=1S/C13H16BrN3O2S/c1-2-5-16-6-8-17(9-7-16)20(18,19)13-10-11(15)3-4-12(13)14/h1,3-4,10H,5-9,15H2. The lowest BCUT2D eigenvalue weighted by atomic mass is 10.3. The Bertz CT molecular complexity index is 632. The van der Waals surface area contributed by atoms with Gasteiger partial charge in [-0.2, -0.15) is 4.31 Å². The predicted molar refractivity (Wildman–Crippen MR) is 82.6 cm³/mol. The predicted octanol–water partition coefficient (Wildman–Crippen LogP) is 0.971. The van der Waals surface area contributed by atoms with Gasteiger partial charge >= 0.3 is 0 Å². The van der Waals surface area contributed by atoms with Gasteiger partial charge in [-0.25, -0.2) is 8.42 Å². The van der Waals surface area contributed by atoms with E-state index in [9.17, 15) is 8.42 Å². The smallest absolute Gasteiger partial charge is 0.244 e. The molecule has 5 nitrogen and oxygen atoms in total. The molecule has 0 saturated carbocycles. The molecule has 0 radical (unpaired) electrons. The number of nitrogen functional groups attached to an aromatic ring is 1. The van der Waals surface area contributed by atoms with Gasteiger partial charge in [-0.15, -0.1) is 6.42 Å². The summed E-state index contributed by atoms with van der Waals surface area (Å²) < 4.78 is 27.2. The first kappa shape index (κ1) is 15.3. The van der Waals surface area contributed by atoms with Gasteiger partial charge in [-0.05, 0) is 34.1 Å². The fourth-order valence-electron chi connectivity index (χ4n) is 2.11. The molecule has 2 N–H and O–H groups in total. The zero-order valence-electron chi connectivity index (χ0n) is 10.9. The van der Waals surface area contributed by atoms with Gasteiger partial charge in [0.2, 0.25) is 10.0 Å². The largest absolute Gasteiger partial charge is 0.399 e. The van der Waals surface area contributed by atoms with Crippen LogP contribution in [0.1, 0.15) is 0 Å². The lowest BCUT2D eigenvalue weighted by molar-refractivity contribution is 0.207. The Balaban J connectivity index is 2.20. The van der Waals surface area contributed by atoms with Gasteiger partial charge in [0.15, 0.2) is 0 Å². The molecular weight excluding hydrogens is 342 g/mol. The molecule has 0 unspecified atom stereocenters. The Kier molecular flexibility index (Phi) is 4.70. The fourth-order valence-corrected chi connectivity index (χ4v) is 4.50. The maximum atomic E-state index is 12.6. The normalized spacial score (nSPS) is 17.8. The van der Waals surface area contributed by atoms with Crippen molar-refractivity contribution < 1.29 is 8.42 Å². The third kappa shape index (κ3) is 3.15. The molecular formula is C13H16BrN3O2S. The van der Waals surface area contributed by atoms with Crippen molar-refractivity contribution in [1.82, 2.24) is 9.21 Å². The molecule has 0 amide bonds. The zero-order valence-corrected chi connectivity index (χ0v) is 13.3. The van der Waals surface area contributed by atoms with E-state index in [1.807, 2.05) is 0 Å². The highest BCUT2D eigenvalue weighted by atomic mass is 79.9. The highest BCUT2D eigenvalue weighted by molar-refractivity contribution is 9.10. The number of halogens is 1. The van der Waals surface area contributed by atoms with Crippen LogP contribution < -0.4 is 5.73 Å². The van der Waals surface area contributed by atoms with E-state index in [4.69, 9.17) is 12.2 Å². The van der Waals surface area contributed by atoms with Crippen molar-refractivity contribution in [3.63, 3.8) is 0 Å². The quantitative estimate of drug-likeness (QED) is 0.646. The minimum atomic E-state index is -3.53. The molecule has 1 fully saturated rings. The van der Waals surface area contributed by atoms with Crippen LogP contribution in [0.3, 0.4) is 0 Å².